The molecule has 0 N–H and O–H groups in total. The number of unbranched alkanes of at least 4 members (excludes halogenated alkanes) is 2. The Labute approximate surface area is 161 Å². The Morgan fingerprint density at radius 1 is 1.04 bits per heavy atom. The van der Waals surface area contributed by atoms with Crippen LogP contribution in [-0.2, 0) is 14.3 Å². The monoisotopic (exact) mass is 370 g/mol. The van der Waals surface area contributed by atoms with Crippen LogP contribution in [0.3, 0.4) is 0 Å². The Bertz CT molecular complexity index is 368. The van der Waals surface area contributed by atoms with Crippen molar-refractivity contribution in [2.24, 2.45) is 5.92 Å². The smallest absolute Gasteiger partial charge is 0.227 e. The minimum atomic E-state index is 0.0724. The number of amides is 2. The van der Waals surface area contributed by atoms with E-state index in [2.05, 4.69) is 0 Å². The van der Waals surface area contributed by atoms with Gasteiger partial charge in [-0.15, -0.1) is 0 Å². The number of rotatable bonds is 6. The van der Waals surface area contributed by atoms with E-state index in [0.717, 1.165) is 58.2 Å². The van der Waals surface area contributed by atoms with Gasteiger partial charge in [0, 0.05) is 38.6 Å². The third-order valence-electron chi connectivity index (χ3n) is 4.70. The molecular weight excluding hydrogens is 328 g/mol. The predicted molar refractivity (Wildman–Crippen MR) is 108 cm³/mol. The van der Waals surface area contributed by atoms with Crippen LogP contribution in [0.2, 0.25) is 0 Å². The first-order valence-electron chi connectivity index (χ1n) is 10.8. The lowest BCUT2D eigenvalue weighted by Gasteiger charge is -2.26. The van der Waals surface area contributed by atoms with Gasteiger partial charge < -0.3 is 14.5 Å². The van der Waals surface area contributed by atoms with E-state index in [9.17, 15) is 9.59 Å². The van der Waals surface area contributed by atoms with Crippen LogP contribution in [0.4, 0.5) is 0 Å². The van der Waals surface area contributed by atoms with Crippen molar-refractivity contribution in [3.63, 3.8) is 0 Å². The van der Waals surface area contributed by atoms with Crippen LogP contribution >= 0.6 is 0 Å². The zero-order valence-corrected chi connectivity index (χ0v) is 17.9. The maximum Gasteiger partial charge on any atom is 0.227 e. The first-order valence-corrected chi connectivity index (χ1v) is 10.8. The summed E-state index contributed by atoms with van der Waals surface area (Å²) in [5, 5.41) is 0. The zero-order valence-electron chi connectivity index (χ0n) is 17.9. The van der Waals surface area contributed by atoms with Crippen molar-refractivity contribution in [2.75, 3.05) is 33.0 Å². The molecule has 2 saturated heterocycles. The second kappa shape index (κ2) is 16.1. The van der Waals surface area contributed by atoms with E-state index >= 15 is 0 Å². The number of piperidine rings is 1. The molecule has 2 fully saturated rings. The molecule has 1 unspecified atom stereocenters. The number of likely N-dealkylation sites (tertiary alicyclic amines) is 1. The Hall–Kier alpha value is -1.10. The van der Waals surface area contributed by atoms with Crippen LogP contribution in [0.5, 0.6) is 0 Å². The van der Waals surface area contributed by atoms with Crippen LogP contribution < -0.4 is 0 Å². The SMILES string of the molecule is CC.CC.CC1CCOCN(CCCCCC(=O)N2CCCCC2)C1=O. The molecule has 0 aromatic rings. The molecule has 5 nitrogen and oxygen atoms in total. The molecule has 0 radical (unpaired) electrons. The highest BCUT2D eigenvalue weighted by Gasteiger charge is 2.23. The van der Waals surface area contributed by atoms with Gasteiger partial charge >= 0.3 is 0 Å². The van der Waals surface area contributed by atoms with Gasteiger partial charge in [-0.1, -0.05) is 41.0 Å². The van der Waals surface area contributed by atoms with Crippen LogP contribution in [0, 0.1) is 5.92 Å². The lowest BCUT2D eigenvalue weighted by Crippen LogP contribution is -2.36. The van der Waals surface area contributed by atoms with Gasteiger partial charge in [0.15, 0.2) is 0 Å². The van der Waals surface area contributed by atoms with Crippen molar-refractivity contribution in [3.8, 4) is 0 Å². The largest absolute Gasteiger partial charge is 0.361 e. The summed E-state index contributed by atoms with van der Waals surface area (Å²) in [5.41, 5.74) is 0. The molecule has 0 aliphatic carbocycles. The fraction of sp³-hybridized carbons (Fsp3) is 0.905. The van der Waals surface area contributed by atoms with Crippen LogP contribution in [0.1, 0.15) is 86.0 Å². The lowest BCUT2D eigenvalue weighted by atomic mass is 10.1. The maximum atomic E-state index is 12.1. The van der Waals surface area contributed by atoms with Gasteiger partial charge in [-0.05, 0) is 38.5 Å². The van der Waals surface area contributed by atoms with Gasteiger partial charge in [0.1, 0.15) is 6.73 Å². The fourth-order valence-electron chi connectivity index (χ4n) is 3.17. The van der Waals surface area contributed by atoms with Crippen molar-refractivity contribution in [1.29, 1.82) is 0 Å². The maximum absolute atomic E-state index is 12.1. The Kier molecular flexibility index (Phi) is 15.4. The molecule has 2 amide bonds. The molecule has 1 atom stereocenters. The van der Waals surface area contributed by atoms with E-state index < -0.39 is 0 Å². The number of carbonyl (C=O) groups is 2. The molecule has 0 aromatic carbocycles. The van der Waals surface area contributed by atoms with Crippen molar-refractivity contribution < 1.29 is 14.3 Å². The molecule has 2 aliphatic rings. The molecule has 5 heteroatoms. The Morgan fingerprint density at radius 3 is 2.35 bits per heavy atom. The summed E-state index contributed by atoms with van der Waals surface area (Å²) in [6, 6.07) is 0. The van der Waals surface area contributed by atoms with E-state index in [4.69, 9.17) is 4.74 Å². The third kappa shape index (κ3) is 9.56. The van der Waals surface area contributed by atoms with E-state index in [-0.39, 0.29) is 11.8 Å². The van der Waals surface area contributed by atoms with Crippen LogP contribution in [-0.4, -0.2) is 54.6 Å². The minimum Gasteiger partial charge on any atom is -0.361 e. The molecule has 2 rings (SSSR count). The number of carbonyl (C=O) groups excluding carboxylic acids is 2. The van der Waals surface area contributed by atoms with Crippen molar-refractivity contribution >= 4 is 11.8 Å². The van der Waals surface area contributed by atoms with Crippen molar-refractivity contribution in [1.82, 2.24) is 9.80 Å². The van der Waals surface area contributed by atoms with Gasteiger partial charge in [-0.2, -0.15) is 0 Å². The number of nitrogens with zero attached hydrogens (tertiary/aromatic N) is 2. The standard InChI is InChI=1S/C17H30N2O3.2C2H6/c1-15-9-13-22-14-19(17(15)21)12-5-2-4-8-16(20)18-10-6-3-7-11-18;2*1-2/h15H,2-14H2,1H3;2*1-2H3. The molecule has 154 valence electrons. The molecule has 2 heterocycles. The molecule has 0 saturated carbocycles. The number of ether oxygens (including phenoxy) is 1. The van der Waals surface area contributed by atoms with Gasteiger partial charge in [-0.25, -0.2) is 0 Å². The van der Waals surface area contributed by atoms with Crippen molar-refractivity contribution in [2.45, 2.75) is 86.0 Å². The summed E-state index contributed by atoms with van der Waals surface area (Å²) in [4.78, 5) is 28.0. The zero-order chi connectivity index (χ0) is 19.8. The van der Waals surface area contributed by atoms with Crippen LogP contribution in [0.25, 0.3) is 0 Å². The first kappa shape index (κ1) is 24.9. The normalized spacial score (nSPS) is 20.3. The topological polar surface area (TPSA) is 49.9 Å². The highest BCUT2D eigenvalue weighted by Crippen LogP contribution is 2.14. The first-order chi connectivity index (χ1) is 12.7. The molecule has 0 spiro atoms. The lowest BCUT2D eigenvalue weighted by molar-refractivity contribution is -0.137. The Morgan fingerprint density at radius 2 is 1.69 bits per heavy atom. The molecule has 0 bridgehead atoms. The highest BCUT2D eigenvalue weighted by molar-refractivity contribution is 5.78. The average Bonchev–Trinajstić information content (AvgIpc) is 2.87. The second-order valence-electron chi connectivity index (χ2n) is 6.58. The summed E-state index contributed by atoms with van der Waals surface area (Å²) in [5.74, 6) is 0.590. The third-order valence-corrected chi connectivity index (χ3v) is 4.70. The molecule has 0 aromatic heterocycles. The predicted octanol–water partition coefficient (Wildman–Crippen LogP) is 4.45. The molecular formula is C21H42N2O3. The molecule has 26 heavy (non-hydrogen) atoms. The van der Waals surface area contributed by atoms with Gasteiger partial charge in [0.05, 0.1) is 0 Å². The van der Waals surface area contributed by atoms with Gasteiger partial charge in [-0.3, -0.25) is 9.59 Å². The molecule has 2 aliphatic heterocycles. The summed E-state index contributed by atoms with van der Waals surface area (Å²) < 4.78 is 5.47. The van der Waals surface area contributed by atoms with E-state index in [1.165, 1.54) is 6.42 Å². The average molecular weight is 371 g/mol. The number of hydrogen-bond donors (Lipinski definition) is 0. The fourth-order valence-corrected chi connectivity index (χ4v) is 3.17. The summed E-state index contributed by atoms with van der Waals surface area (Å²) >= 11 is 0. The van der Waals surface area contributed by atoms with E-state index in [1.807, 2.05) is 44.4 Å². The van der Waals surface area contributed by atoms with E-state index in [1.54, 1.807) is 0 Å². The highest BCUT2D eigenvalue weighted by atomic mass is 16.5. The van der Waals surface area contributed by atoms with E-state index in [0.29, 0.717) is 25.7 Å². The van der Waals surface area contributed by atoms with Crippen molar-refractivity contribution in [3.05, 3.63) is 0 Å². The number of hydrogen-bond acceptors (Lipinski definition) is 3. The van der Waals surface area contributed by atoms with Gasteiger partial charge in [0.2, 0.25) is 11.8 Å². The summed E-state index contributed by atoms with van der Waals surface area (Å²) in [6.07, 6.45) is 7.91. The summed E-state index contributed by atoms with van der Waals surface area (Å²) in [7, 11) is 0. The summed E-state index contributed by atoms with van der Waals surface area (Å²) in [6.45, 7) is 13.7. The van der Waals surface area contributed by atoms with Gasteiger partial charge in [0.25, 0.3) is 0 Å². The minimum absolute atomic E-state index is 0.0724. The Balaban J connectivity index is 0.00000146. The second-order valence-corrected chi connectivity index (χ2v) is 6.58. The van der Waals surface area contributed by atoms with Crippen LogP contribution in [0.15, 0.2) is 0 Å². The quantitative estimate of drug-likeness (QED) is 0.649.